The number of hydrogen-bond donors (Lipinski definition) is 0. The van der Waals surface area contributed by atoms with E-state index in [1.807, 2.05) is 37.3 Å². The Morgan fingerprint density at radius 3 is 2.11 bits per heavy atom. The summed E-state index contributed by atoms with van der Waals surface area (Å²) in [5.74, 6) is 1.65. The van der Waals surface area contributed by atoms with Crippen molar-refractivity contribution in [3.63, 3.8) is 0 Å². The Hall–Kier alpha value is -4.36. The standard InChI is InChI=1S/C34H26O/c1-4-6-7-14-23(3)32-28(5-2)34(31-22-21-24-15-8-9-16-25(24)33(31)35-32)29-19-12-10-17-26(29)27-18-11-13-20-30(27)34/h4-22H,2-3H2,1H3/b6-4-,14-7-. The minimum atomic E-state index is -0.542. The molecule has 1 spiro atoms. The topological polar surface area (TPSA) is 9.23 Å². The third-order valence-electron chi connectivity index (χ3n) is 7.19. The van der Waals surface area contributed by atoms with Gasteiger partial charge in [-0.25, -0.2) is 0 Å². The van der Waals surface area contributed by atoms with Crippen molar-refractivity contribution in [1.82, 2.24) is 0 Å². The molecule has 0 N–H and O–H groups in total. The van der Waals surface area contributed by atoms with Crippen LogP contribution in [0.25, 0.3) is 21.9 Å². The fraction of sp³-hybridized carbons (Fsp3) is 0.0588. The molecule has 0 atom stereocenters. The van der Waals surface area contributed by atoms with Crippen molar-refractivity contribution < 1.29 is 4.74 Å². The largest absolute Gasteiger partial charge is 0.455 e. The zero-order valence-electron chi connectivity index (χ0n) is 19.8. The highest BCUT2D eigenvalue weighted by molar-refractivity contribution is 5.95. The number of fused-ring (bicyclic) bond motifs is 9. The van der Waals surface area contributed by atoms with Gasteiger partial charge in [-0.05, 0) is 34.6 Å². The van der Waals surface area contributed by atoms with Crippen molar-refractivity contribution in [3.05, 3.63) is 162 Å². The third kappa shape index (κ3) is 2.88. The molecule has 0 bridgehead atoms. The molecule has 35 heavy (non-hydrogen) atoms. The molecular weight excluding hydrogens is 424 g/mol. The molecule has 0 saturated carbocycles. The van der Waals surface area contributed by atoms with E-state index in [-0.39, 0.29) is 0 Å². The Morgan fingerprint density at radius 1 is 0.771 bits per heavy atom. The van der Waals surface area contributed by atoms with Crippen LogP contribution in [0.1, 0.15) is 23.6 Å². The van der Waals surface area contributed by atoms with E-state index in [1.54, 1.807) is 0 Å². The maximum atomic E-state index is 6.79. The van der Waals surface area contributed by atoms with Gasteiger partial charge in [0.05, 0.1) is 5.41 Å². The summed E-state index contributed by atoms with van der Waals surface area (Å²) in [7, 11) is 0. The molecule has 1 aliphatic heterocycles. The van der Waals surface area contributed by atoms with Crippen LogP contribution in [-0.2, 0) is 5.41 Å². The summed E-state index contributed by atoms with van der Waals surface area (Å²) >= 11 is 0. The Balaban J connectivity index is 1.79. The third-order valence-corrected chi connectivity index (χ3v) is 7.19. The highest BCUT2D eigenvalue weighted by Crippen LogP contribution is 2.61. The fourth-order valence-corrected chi connectivity index (χ4v) is 5.78. The monoisotopic (exact) mass is 450 g/mol. The summed E-state index contributed by atoms with van der Waals surface area (Å²) in [6.07, 6.45) is 9.97. The summed E-state index contributed by atoms with van der Waals surface area (Å²) in [4.78, 5) is 0. The van der Waals surface area contributed by atoms with Crippen molar-refractivity contribution >= 4 is 10.8 Å². The predicted octanol–water partition coefficient (Wildman–Crippen LogP) is 8.68. The van der Waals surface area contributed by atoms with Gasteiger partial charge in [0, 0.05) is 22.1 Å². The lowest BCUT2D eigenvalue weighted by Crippen LogP contribution is -2.34. The number of benzene rings is 4. The molecule has 4 aromatic carbocycles. The molecule has 0 amide bonds. The molecule has 1 heteroatoms. The average molecular weight is 451 g/mol. The summed E-state index contributed by atoms with van der Waals surface area (Å²) in [6.45, 7) is 10.7. The van der Waals surface area contributed by atoms with Gasteiger partial charge < -0.3 is 4.74 Å². The number of allylic oxidation sites excluding steroid dienone is 6. The maximum absolute atomic E-state index is 6.79. The molecule has 1 nitrogen and oxygen atoms in total. The summed E-state index contributed by atoms with van der Waals surface area (Å²) in [5, 5.41) is 2.24. The van der Waals surface area contributed by atoms with Crippen LogP contribution in [-0.4, -0.2) is 0 Å². The number of ether oxygens (including phenoxy) is 1. The molecular formula is C34H26O. The minimum Gasteiger partial charge on any atom is -0.455 e. The fourth-order valence-electron chi connectivity index (χ4n) is 5.78. The molecule has 0 saturated heterocycles. The Bertz CT molecular complexity index is 1560. The Kier molecular flexibility index (Phi) is 4.93. The molecule has 0 aromatic heterocycles. The van der Waals surface area contributed by atoms with Crippen LogP contribution in [0, 0.1) is 0 Å². The van der Waals surface area contributed by atoms with Gasteiger partial charge in [0.2, 0.25) is 0 Å². The van der Waals surface area contributed by atoms with Crippen LogP contribution in [0.4, 0.5) is 0 Å². The van der Waals surface area contributed by atoms with Crippen LogP contribution in [0.2, 0.25) is 0 Å². The Labute approximate surface area is 206 Å². The van der Waals surface area contributed by atoms with Crippen LogP contribution < -0.4 is 4.74 Å². The lowest BCUT2D eigenvalue weighted by molar-refractivity contribution is 0.403. The van der Waals surface area contributed by atoms with E-state index >= 15 is 0 Å². The predicted molar refractivity (Wildman–Crippen MR) is 147 cm³/mol. The first-order chi connectivity index (χ1) is 17.2. The lowest BCUT2D eigenvalue weighted by atomic mass is 9.65. The molecule has 6 rings (SSSR count). The molecule has 0 radical (unpaired) electrons. The molecule has 4 aromatic rings. The first-order valence-electron chi connectivity index (χ1n) is 12.0. The average Bonchev–Trinajstić information content (AvgIpc) is 3.19. The summed E-state index contributed by atoms with van der Waals surface area (Å²) in [6, 6.07) is 30.3. The maximum Gasteiger partial charge on any atom is 0.140 e. The van der Waals surface area contributed by atoms with E-state index in [1.165, 1.54) is 22.3 Å². The normalized spacial score (nSPS) is 15.3. The van der Waals surface area contributed by atoms with Crippen molar-refractivity contribution in [3.8, 4) is 16.9 Å². The Morgan fingerprint density at radius 2 is 1.43 bits per heavy atom. The van der Waals surface area contributed by atoms with Gasteiger partial charge in [-0.1, -0.05) is 128 Å². The van der Waals surface area contributed by atoms with Gasteiger partial charge in [0.1, 0.15) is 11.5 Å². The van der Waals surface area contributed by atoms with Gasteiger partial charge in [0.25, 0.3) is 0 Å². The van der Waals surface area contributed by atoms with E-state index in [0.29, 0.717) is 0 Å². The van der Waals surface area contributed by atoms with Gasteiger partial charge in [-0.2, -0.15) is 0 Å². The number of hydrogen-bond acceptors (Lipinski definition) is 1. The first-order valence-corrected chi connectivity index (χ1v) is 12.0. The molecule has 2 aliphatic rings. The lowest BCUT2D eigenvalue weighted by Gasteiger charge is -2.40. The molecule has 1 aliphatic carbocycles. The second kappa shape index (κ2) is 8.14. The molecule has 0 fully saturated rings. The second-order valence-electron chi connectivity index (χ2n) is 8.96. The highest BCUT2D eigenvalue weighted by atomic mass is 16.5. The van der Waals surface area contributed by atoms with Gasteiger partial charge in [-0.3, -0.25) is 0 Å². The van der Waals surface area contributed by atoms with Crippen molar-refractivity contribution in [2.75, 3.05) is 0 Å². The first kappa shape index (κ1) is 21.2. The van der Waals surface area contributed by atoms with Crippen molar-refractivity contribution in [2.24, 2.45) is 0 Å². The van der Waals surface area contributed by atoms with E-state index in [0.717, 1.165) is 39.0 Å². The quantitative estimate of drug-likeness (QED) is 0.283. The number of rotatable bonds is 4. The van der Waals surface area contributed by atoms with E-state index in [2.05, 4.69) is 98.1 Å². The van der Waals surface area contributed by atoms with Gasteiger partial charge in [-0.15, -0.1) is 0 Å². The van der Waals surface area contributed by atoms with E-state index in [4.69, 9.17) is 4.74 Å². The van der Waals surface area contributed by atoms with Crippen LogP contribution in [0.15, 0.2) is 145 Å². The summed E-state index contributed by atoms with van der Waals surface area (Å²) in [5.41, 5.74) is 7.43. The molecule has 1 heterocycles. The van der Waals surface area contributed by atoms with Gasteiger partial charge >= 0.3 is 0 Å². The van der Waals surface area contributed by atoms with Crippen LogP contribution in [0.3, 0.4) is 0 Å². The second-order valence-corrected chi connectivity index (χ2v) is 8.96. The molecule has 0 unspecified atom stereocenters. The minimum absolute atomic E-state index is 0.542. The van der Waals surface area contributed by atoms with Gasteiger partial charge in [0.15, 0.2) is 0 Å². The van der Waals surface area contributed by atoms with Crippen LogP contribution in [0.5, 0.6) is 5.75 Å². The summed E-state index contributed by atoms with van der Waals surface area (Å²) < 4.78 is 6.79. The highest BCUT2D eigenvalue weighted by Gasteiger charge is 2.51. The molecule has 168 valence electrons. The van der Waals surface area contributed by atoms with Crippen molar-refractivity contribution in [1.29, 1.82) is 0 Å². The van der Waals surface area contributed by atoms with Crippen LogP contribution >= 0.6 is 0 Å². The van der Waals surface area contributed by atoms with E-state index in [9.17, 15) is 0 Å². The zero-order valence-corrected chi connectivity index (χ0v) is 19.8. The van der Waals surface area contributed by atoms with E-state index < -0.39 is 5.41 Å². The van der Waals surface area contributed by atoms with Crippen molar-refractivity contribution in [2.45, 2.75) is 12.3 Å². The smallest absolute Gasteiger partial charge is 0.140 e. The zero-order chi connectivity index (χ0) is 24.0. The SMILES string of the molecule is C=CC1=C(C(=C)/C=C\C=C/C)Oc2c(ccc3ccccc23)C12c1ccccc1-c1ccccc12.